The Balaban J connectivity index is 2.00. The molecule has 2 heterocycles. The summed E-state index contributed by atoms with van der Waals surface area (Å²) in [6.07, 6.45) is 3.01. The molecule has 0 amide bonds. The molecule has 2 N–H and O–H groups in total. The van der Waals surface area contributed by atoms with Gasteiger partial charge in [0.15, 0.2) is 0 Å². The number of ether oxygens (including phenoxy) is 1. The SMILES string of the molecule is NCCc1nnc(C2CCOCC2)s1. The standard InChI is InChI=1S/C9H15N3OS/c10-4-1-8-11-12-9(14-8)7-2-5-13-6-3-7/h7H,1-6,10H2. The molecule has 1 aliphatic heterocycles. The Hall–Kier alpha value is -0.520. The lowest BCUT2D eigenvalue weighted by atomic mass is 10.0. The molecule has 4 nitrogen and oxygen atoms in total. The highest BCUT2D eigenvalue weighted by Gasteiger charge is 2.19. The summed E-state index contributed by atoms with van der Waals surface area (Å²) >= 11 is 1.71. The van der Waals surface area contributed by atoms with Crippen molar-refractivity contribution in [3.63, 3.8) is 0 Å². The van der Waals surface area contributed by atoms with E-state index in [0.29, 0.717) is 12.5 Å². The van der Waals surface area contributed by atoms with Crippen molar-refractivity contribution in [1.29, 1.82) is 0 Å². The van der Waals surface area contributed by atoms with Gasteiger partial charge in [-0.3, -0.25) is 0 Å². The maximum atomic E-state index is 5.47. The second kappa shape index (κ2) is 4.82. The zero-order valence-corrected chi connectivity index (χ0v) is 8.92. The van der Waals surface area contributed by atoms with E-state index in [-0.39, 0.29) is 0 Å². The van der Waals surface area contributed by atoms with E-state index in [2.05, 4.69) is 10.2 Å². The van der Waals surface area contributed by atoms with Crippen molar-refractivity contribution in [2.75, 3.05) is 19.8 Å². The van der Waals surface area contributed by atoms with Crippen molar-refractivity contribution >= 4 is 11.3 Å². The molecule has 1 saturated heterocycles. The first-order valence-corrected chi connectivity index (χ1v) is 5.82. The molecule has 0 atom stereocenters. The minimum Gasteiger partial charge on any atom is -0.381 e. The first-order chi connectivity index (χ1) is 6.90. The summed E-state index contributed by atoms with van der Waals surface area (Å²) in [5.74, 6) is 0.563. The van der Waals surface area contributed by atoms with Gasteiger partial charge in [0.1, 0.15) is 10.0 Å². The van der Waals surface area contributed by atoms with Gasteiger partial charge in [0, 0.05) is 25.6 Å². The zero-order valence-electron chi connectivity index (χ0n) is 8.11. The van der Waals surface area contributed by atoms with Crippen LogP contribution < -0.4 is 5.73 Å². The molecule has 0 bridgehead atoms. The van der Waals surface area contributed by atoms with E-state index in [1.807, 2.05) is 0 Å². The minimum atomic E-state index is 0.563. The maximum absolute atomic E-state index is 5.47. The molecule has 2 rings (SSSR count). The Morgan fingerprint density at radius 2 is 2.14 bits per heavy atom. The molecule has 0 radical (unpaired) electrons. The van der Waals surface area contributed by atoms with Crippen LogP contribution in [0.3, 0.4) is 0 Å². The summed E-state index contributed by atoms with van der Waals surface area (Å²) < 4.78 is 5.31. The van der Waals surface area contributed by atoms with E-state index in [9.17, 15) is 0 Å². The van der Waals surface area contributed by atoms with Gasteiger partial charge >= 0.3 is 0 Å². The van der Waals surface area contributed by atoms with Crippen LogP contribution in [-0.2, 0) is 11.2 Å². The number of rotatable bonds is 3. The summed E-state index contributed by atoms with van der Waals surface area (Å²) in [4.78, 5) is 0. The Morgan fingerprint density at radius 1 is 1.36 bits per heavy atom. The Morgan fingerprint density at radius 3 is 2.86 bits per heavy atom. The van der Waals surface area contributed by atoms with Gasteiger partial charge in [0.05, 0.1) is 0 Å². The third-order valence-electron chi connectivity index (χ3n) is 2.41. The van der Waals surface area contributed by atoms with Gasteiger partial charge in [-0.15, -0.1) is 21.5 Å². The topological polar surface area (TPSA) is 61.0 Å². The summed E-state index contributed by atoms with van der Waals surface area (Å²) in [5.41, 5.74) is 5.47. The van der Waals surface area contributed by atoms with Crippen LogP contribution in [0.2, 0.25) is 0 Å². The highest BCUT2D eigenvalue weighted by molar-refractivity contribution is 7.11. The molecular formula is C9H15N3OS. The largest absolute Gasteiger partial charge is 0.381 e. The van der Waals surface area contributed by atoms with Gasteiger partial charge in [0.25, 0.3) is 0 Å². The van der Waals surface area contributed by atoms with Crippen molar-refractivity contribution in [3.05, 3.63) is 10.0 Å². The molecule has 1 aromatic rings. The van der Waals surface area contributed by atoms with Crippen LogP contribution in [0, 0.1) is 0 Å². The molecule has 0 aliphatic carbocycles. The number of nitrogens with two attached hydrogens (primary N) is 1. The van der Waals surface area contributed by atoms with E-state index >= 15 is 0 Å². The minimum absolute atomic E-state index is 0.563. The molecule has 0 spiro atoms. The smallest absolute Gasteiger partial charge is 0.120 e. The summed E-state index contributed by atoms with van der Waals surface area (Å²) in [7, 11) is 0. The molecule has 1 aromatic heterocycles. The molecule has 0 aromatic carbocycles. The first kappa shape index (κ1) is 10.0. The van der Waals surface area contributed by atoms with E-state index in [0.717, 1.165) is 42.5 Å². The van der Waals surface area contributed by atoms with Crippen LogP contribution in [0.1, 0.15) is 28.8 Å². The van der Waals surface area contributed by atoms with Gasteiger partial charge in [-0.25, -0.2) is 0 Å². The fraction of sp³-hybridized carbons (Fsp3) is 0.778. The lowest BCUT2D eigenvalue weighted by Gasteiger charge is -2.18. The lowest BCUT2D eigenvalue weighted by Crippen LogP contribution is -2.13. The van der Waals surface area contributed by atoms with Crippen molar-refractivity contribution in [1.82, 2.24) is 10.2 Å². The van der Waals surface area contributed by atoms with Crippen LogP contribution in [0.4, 0.5) is 0 Å². The lowest BCUT2D eigenvalue weighted by molar-refractivity contribution is 0.0851. The van der Waals surface area contributed by atoms with Crippen LogP contribution in [0.5, 0.6) is 0 Å². The summed E-state index contributed by atoms with van der Waals surface area (Å²) in [6, 6.07) is 0. The number of aromatic nitrogens is 2. The van der Waals surface area contributed by atoms with Gasteiger partial charge in [0.2, 0.25) is 0 Å². The van der Waals surface area contributed by atoms with Crippen molar-refractivity contribution in [3.8, 4) is 0 Å². The van der Waals surface area contributed by atoms with Gasteiger partial charge < -0.3 is 10.5 Å². The monoisotopic (exact) mass is 213 g/mol. The highest BCUT2D eigenvalue weighted by Crippen LogP contribution is 2.28. The molecule has 78 valence electrons. The second-order valence-corrected chi connectivity index (χ2v) is 4.55. The second-order valence-electron chi connectivity index (χ2n) is 3.46. The van der Waals surface area contributed by atoms with E-state index in [4.69, 9.17) is 10.5 Å². The fourth-order valence-electron chi connectivity index (χ4n) is 1.60. The fourth-order valence-corrected chi connectivity index (χ4v) is 2.63. The molecule has 5 heteroatoms. The van der Waals surface area contributed by atoms with Crippen LogP contribution in [-0.4, -0.2) is 30.0 Å². The Kier molecular flexibility index (Phi) is 3.44. The molecule has 14 heavy (non-hydrogen) atoms. The third kappa shape index (κ3) is 2.29. The quantitative estimate of drug-likeness (QED) is 0.811. The van der Waals surface area contributed by atoms with Crippen LogP contribution in [0.25, 0.3) is 0 Å². The molecule has 0 unspecified atom stereocenters. The normalized spacial score (nSPS) is 18.6. The Bertz CT molecular complexity index is 283. The van der Waals surface area contributed by atoms with Crippen molar-refractivity contribution in [2.24, 2.45) is 5.73 Å². The van der Waals surface area contributed by atoms with Gasteiger partial charge in [-0.1, -0.05) is 0 Å². The van der Waals surface area contributed by atoms with Crippen LogP contribution >= 0.6 is 11.3 Å². The number of hydrogen-bond acceptors (Lipinski definition) is 5. The van der Waals surface area contributed by atoms with Gasteiger partial charge in [-0.2, -0.15) is 0 Å². The van der Waals surface area contributed by atoms with E-state index in [1.54, 1.807) is 11.3 Å². The number of nitrogens with zero attached hydrogens (tertiary/aromatic N) is 2. The highest BCUT2D eigenvalue weighted by atomic mass is 32.1. The predicted octanol–water partition coefficient (Wildman–Crippen LogP) is 0.933. The van der Waals surface area contributed by atoms with Crippen molar-refractivity contribution < 1.29 is 4.74 Å². The third-order valence-corrected chi connectivity index (χ3v) is 3.56. The van der Waals surface area contributed by atoms with Crippen molar-refractivity contribution in [2.45, 2.75) is 25.2 Å². The average molecular weight is 213 g/mol. The number of hydrogen-bond donors (Lipinski definition) is 1. The Labute approximate surface area is 87.5 Å². The molecule has 1 aliphatic rings. The molecule has 0 saturated carbocycles. The first-order valence-electron chi connectivity index (χ1n) is 5.00. The summed E-state index contributed by atoms with van der Waals surface area (Å²) in [6.45, 7) is 2.37. The predicted molar refractivity (Wildman–Crippen MR) is 55.5 cm³/mol. The summed E-state index contributed by atoms with van der Waals surface area (Å²) in [5, 5.41) is 10.6. The van der Waals surface area contributed by atoms with Gasteiger partial charge in [-0.05, 0) is 19.4 Å². The van der Waals surface area contributed by atoms with E-state index in [1.165, 1.54) is 0 Å². The zero-order chi connectivity index (χ0) is 9.80. The van der Waals surface area contributed by atoms with Crippen LogP contribution in [0.15, 0.2) is 0 Å². The molecule has 1 fully saturated rings. The van der Waals surface area contributed by atoms with E-state index < -0.39 is 0 Å². The molecular weight excluding hydrogens is 198 g/mol. The maximum Gasteiger partial charge on any atom is 0.120 e. The average Bonchev–Trinajstić information content (AvgIpc) is 2.68.